The van der Waals surface area contributed by atoms with Crippen molar-refractivity contribution in [3.05, 3.63) is 28.3 Å². The summed E-state index contributed by atoms with van der Waals surface area (Å²) < 4.78 is 5.63. The smallest absolute Gasteiger partial charge is 0.128 e. The van der Waals surface area contributed by atoms with E-state index in [2.05, 4.69) is 20.8 Å². The first kappa shape index (κ1) is 12.7. The zero-order valence-corrected chi connectivity index (χ0v) is 11.3. The van der Waals surface area contributed by atoms with Crippen molar-refractivity contribution >= 4 is 11.6 Å². The SMILES string of the molecule is CCC(C)(C)C(O)c1cc(Cl)cc2c1OCC2. The number of hydrogen-bond donors (Lipinski definition) is 1. The second-order valence-electron chi connectivity index (χ2n) is 5.33. The minimum Gasteiger partial charge on any atom is -0.493 e. The summed E-state index contributed by atoms with van der Waals surface area (Å²) >= 11 is 6.10. The number of aliphatic hydroxyl groups is 1. The van der Waals surface area contributed by atoms with Crippen LogP contribution < -0.4 is 4.74 Å². The van der Waals surface area contributed by atoms with E-state index in [9.17, 15) is 5.11 Å². The second kappa shape index (κ2) is 4.51. The van der Waals surface area contributed by atoms with Crippen molar-refractivity contribution in [1.82, 2.24) is 0 Å². The molecule has 0 bridgehead atoms. The summed E-state index contributed by atoms with van der Waals surface area (Å²) in [5.41, 5.74) is 1.76. The van der Waals surface area contributed by atoms with Crippen molar-refractivity contribution < 1.29 is 9.84 Å². The van der Waals surface area contributed by atoms with Crippen LogP contribution in [0.15, 0.2) is 12.1 Å². The average Bonchev–Trinajstić information content (AvgIpc) is 2.74. The molecule has 2 rings (SSSR count). The normalized spacial score (nSPS) is 16.5. The van der Waals surface area contributed by atoms with Gasteiger partial charge in [0.15, 0.2) is 0 Å². The Morgan fingerprint density at radius 1 is 1.47 bits per heavy atom. The monoisotopic (exact) mass is 254 g/mol. The molecular formula is C14H19ClO2. The van der Waals surface area contributed by atoms with Crippen molar-refractivity contribution in [1.29, 1.82) is 0 Å². The molecule has 1 aliphatic rings. The zero-order valence-electron chi connectivity index (χ0n) is 10.6. The summed E-state index contributed by atoms with van der Waals surface area (Å²) in [6.07, 6.45) is 1.23. The van der Waals surface area contributed by atoms with Crippen molar-refractivity contribution in [2.45, 2.75) is 39.7 Å². The van der Waals surface area contributed by atoms with Crippen molar-refractivity contribution in [3.8, 4) is 5.75 Å². The van der Waals surface area contributed by atoms with Gasteiger partial charge >= 0.3 is 0 Å². The number of benzene rings is 1. The number of fused-ring (bicyclic) bond motifs is 1. The van der Waals surface area contributed by atoms with E-state index in [-0.39, 0.29) is 5.41 Å². The molecule has 1 aliphatic heterocycles. The largest absolute Gasteiger partial charge is 0.493 e. The summed E-state index contributed by atoms with van der Waals surface area (Å²) in [5, 5.41) is 11.2. The van der Waals surface area contributed by atoms with Crippen molar-refractivity contribution in [2.75, 3.05) is 6.61 Å². The summed E-state index contributed by atoms with van der Waals surface area (Å²) in [5.74, 6) is 0.837. The molecule has 3 heteroatoms. The van der Waals surface area contributed by atoms with Crippen molar-refractivity contribution in [2.24, 2.45) is 5.41 Å². The number of halogens is 1. The van der Waals surface area contributed by atoms with E-state index in [1.54, 1.807) is 0 Å². The van der Waals surface area contributed by atoms with Crippen LogP contribution in [-0.4, -0.2) is 11.7 Å². The average molecular weight is 255 g/mol. The summed E-state index contributed by atoms with van der Waals surface area (Å²) in [6.45, 7) is 6.87. The third kappa shape index (κ3) is 2.29. The highest BCUT2D eigenvalue weighted by Gasteiger charge is 2.32. The predicted octanol–water partition coefficient (Wildman–Crippen LogP) is 3.74. The molecule has 17 heavy (non-hydrogen) atoms. The van der Waals surface area contributed by atoms with E-state index in [0.717, 1.165) is 29.7 Å². The lowest BCUT2D eigenvalue weighted by atomic mass is 9.80. The van der Waals surface area contributed by atoms with Gasteiger partial charge < -0.3 is 9.84 Å². The zero-order chi connectivity index (χ0) is 12.6. The molecule has 0 amide bonds. The molecular weight excluding hydrogens is 236 g/mol. The Kier molecular flexibility index (Phi) is 3.37. The van der Waals surface area contributed by atoms with Gasteiger partial charge in [-0.15, -0.1) is 0 Å². The summed E-state index contributed by atoms with van der Waals surface area (Å²) in [4.78, 5) is 0. The first-order valence-electron chi connectivity index (χ1n) is 6.09. The van der Waals surface area contributed by atoms with Gasteiger partial charge in [0.25, 0.3) is 0 Å². The van der Waals surface area contributed by atoms with Crippen LogP contribution in [0.4, 0.5) is 0 Å². The number of aliphatic hydroxyl groups excluding tert-OH is 1. The Labute approximate surface area is 108 Å². The van der Waals surface area contributed by atoms with Gasteiger partial charge in [-0.25, -0.2) is 0 Å². The second-order valence-corrected chi connectivity index (χ2v) is 5.76. The molecule has 1 N–H and O–H groups in total. The van der Waals surface area contributed by atoms with Crippen LogP contribution in [0.1, 0.15) is 44.4 Å². The van der Waals surface area contributed by atoms with Crippen LogP contribution in [0.3, 0.4) is 0 Å². The molecule has 1 aromatic rings. The molecule has 2 nitrogen and oxygen atoms in total. The lowest BCUT2D eigenvalue weighted by Crippen LogP contribution is -2.21. The Bertz CT molecular complexity index is 426. The molecule has 0 saturated heterocycles. The van der Waals surface area contributed by atoms with E-state index >= 15 is 0 Å². The molecule has 0 spiro atoms. The molecule has 94 valence electrons. The molecule has 0 radical (unpaired) electrons. The third-order valence-corrected chi connectivity index (χ3v) is 3.94. The Morgan fingerprint density at radius 2 is 2.18 bits per heavy atom. The van der Waals surface area contributed by atoms with Crippen molar-refractivity contribution in [3.63, 3.8) is 0 Å². The van der Waals surface area contributed by atoms with Crippen LogP contribution in [-0.2, 0) is 6.42 Å². The fourth-order valence-electron chi connectivity index (χ4n) is 2.12. The van der Waals surface area contributed by atoms with E-state index in [1.165, 1.54) is 0 Å². The fraction of sp³-hybridized carbons (Fsp3) is 0.571. The molecule has 1 aromatic carbocycles. The first-order valence-corrected chi connectivity index (χ1v) is 6.46. The molecule has 0 fully saturated rings. The van der Waals surface area contributed by atoms with E-state index in [1.807, 2.05) is 12.1 Å². The minimum absolute atomic E-state index is 0.176. The van der Waals surface area contributed by atoms with Gasteiger partial charge in [-0.3, -0.25) is 0 Å². The number of rotatable bonds is 3. The quantitative estimate of drug-likeness (QED) is 0.890. The number of ether oxygens (including phenoxy) is 1. The summed E-state index contributed by atoms with van der Waals surface area (Å²) in [6, 6.07) is 3.76. The highest BCUT2D eigenvalue weighted by Crippen LogP contribution is 2.43. The fourth-order valence-corrected chi connectivity index (χ4v) is 2.36. The highest BCUT2D eigenvalue weighted by molar-refractivity contribution is 6.30. The summed E-state index contributed by atoms with van der Waals surface area (Å²) in [7, 11) is 0. The Balaban J connectivity index is 2.45. The molecule has 0 saturated carbocycles. The van der Waals surface area contributed by atoms with Gasteiger partial charge in [-0.2, -0.15) is 0 Å². The topological polar surface area (TPSA) is 29.5 Å². The molecule has 0 aliphatic carbocycles. The van der Waals surface area contributed by atoms with Crippen LogP contribution >= 0.6 is 11.6 Å². The maximum absolute atomic E-state index is 10.5. The maximum atomic E-state index is 10.5. The van der Waals surface area contributed by atoms with E-state index in [4.69, 9.17) is 16.3 Å². The van der Waals surface area contributed by atoms with Gasteiger partial charge in [0.1, 0.15) is 5.75 Å². The van der Waals surface area contributed by atoms with Gasteiger partial charge in [0.05, 0.1) is 12.7 Å². The third-order valence-electron chi connectivity index (χ3n) is 3.72. The number of hydrogen-bond acceptors (Lipinski definition) is 2. The van der Waals surface area contributed by atoms with Crippen LogP contribution in [0.2, 0.25) is 5.02 Å². The molecule has 1 unspecified atom stereocenters. The van der Waals surface area contributed by atoms with Crippen LogP contribution in [0.5, 0.6) is 5.75 Å². The lowest BCUT2D eigenvalue weighted by molar-refractivity contribution is 0.0445. The standard InChI is InChI=1S/C14H19ClO2/c1-4-14(2,3)13(16)11-8-10(15)7-9-5-6-17-12(9)11/h7-8,13,16H,4-6H2,1-3H3. The maximum Gasteiger partial charge on any atom is 0.128 e. The first-order chi connectivity index (χ1) is 7.95. The van der Waals surface area contributed by atoms with Crippen LogP contribution in [0, 0.1) is 5.41 Å². The van der Waals surface area contributed by atoms with Crippen LogP contribution in [0.25, 0.3) is 0 Å². The molecule has 0 aromatic heterocycles. The lowest BCUT2D eigenvalue weighted by Gasteiger charge is -2.30. The minimum atomic E-state index is -0.543. The van der Waals surface area contributed by atoms with Gasteiger partial charge in [-0.1, -0.05) is 32.4 Å². The van der Waals surface area contributed by atoms with Gasteiger partial charge in [0.2, 0.25) is 0 Å². The molecule has 1 atom stereocenters. The van der Waals surface area contributed by atoms with Gasteiger partial charge in [-0.05, 0) is 29.5 Å². The molecule has 1 heterocycles. The van der Waals surface area contributed by atoms with E-state index < -0.39 is 6.10 Å². The predicted molar refractivity (Wildman–Crippen MR) is 69.7 cm³/mol. The van der Waals surface area contributed by atoms with E-state index in [0.29, 0.717) is 11.6 Å². The Hall–Kier alpha value is -0.730. The van der Waals surface area contributed by atoms with Gasteiger partial charge in [0, 0.05) is 17.0 Å². The highest BCUT2D eigenvalue weighted by atomic mass is 35.5. The Morgan fingerprint density at radius 3 is 2.82 bits per heavy atom.